The molecule has 0 bridgehead atoms. The summed E-state index contributed by atoms with van der Waals surface area (Å²) in [6.07, 6.45) is 0. The molecule has 16 nitrogen and oxygen atoms in total. The smallest absolute Gasteiger partial charge is 0.342 e. The minimum absolute atomic E-state index is 0.00511. The molecule has 5 N–H and O–H groups in total. The highest BCUT2D eigenvalue weighted by atomic mass is 32.2. The number of fused-ring (bicyclic) bond motifs is 1. The van der Waals surface area contributed by atoms with Gasteiger partial charge in [0.2, 0.25) is 22.3 Å². The summed E-state index contributed by atoms with van der Waals surface area (Å²) in [4.78, 5) is 24.2. The maximum Gasteiger partial charge on any atom is 0.342 e. The van der Waals surface area contributed by atoms with Gasteiger partial charge >= 0.3 is 15.2 Å². The molecule has 2 aromatic rings. The molecule has 2 aromatic carbocycles. The zero-order chi connectivity index (χ0) is 31.1. The molecule has 0 saturated carbocycles. The fourth-order valence-corrected chi connectivity index (χ4v) is 5.73. The van der Waals surface area contributed by atoms with Crippen LogP contribution in [0.4, 0.5) is 0 Å². The van der Waals surface area contributed by atoms with Crippen LogP contribution < -0.4 is 25.8 Å². The molecule has 0 saturated heterocycles. The molecule has 214 valence electrons. The van der Waals surface area contributed by atoms with E-state index in [4.69, 9.17) is 15.1 Å². The van der Waals surface area contributed by atoms with Gasteiger partial charge in [0.1, 0.15) is 0 Å². The molecule has 0 atom stereocenters. The number of phenols is 5. The summed E-state index contributed by atoms with van der Waals surface area (Å²) in [6, 6.07) is 7.80. The molecule has 17 heteroatoms. The van der Waals surface area contributed by atoms with E-state index in [0.717, 1.165) is 30.3 Å². The van der Waals surface area contributed by atoms with Crippen LogP contribution in [0.5, 0.6) is 34.5 Å². The Kier molecular flexibility index (Phi) is 7.11. The van der Waals surface area contributed by atoms with Gasteiger partial charge in [-0.25, -0.2) is 0 Å². The predicted molar refractivity (Wildman–Crippen MR) is 141 cm³/mol. The molecule has 0 spiro atoms. The van der Waals surface area contributed by atoms with Crippen LogP contribution in [0.2, 0.25) is 0 Å². The Balaban J connectivity index is 1.95. The molecular weight excluding hydrogens is 576 g/mol. The summed E-state index contributed by atoms with van der Waals surface area (Å²) in [6.45, 7) is 2.94. The fraction of sp³-hybridized carbons (Fsp3) is 0.120. The first-order chi connectivity index (χ1) is 19.7. The van der Waals surface area contributed by atoms with Crippen molar-refractivity contribution in [2.75, 3.05) is 0 Å². The highest BCUT2D eigenvalue weighted by Crippen LogP contribution is 2.50. The van der Waals surface area contributed by atoms with E-state index in [1.165, 1.54) is 26.0 Å². The highest BCUT2D eigenvalue weighted by molar-refractivity contribution is 7.87. The summed E-state index contributed by atoms with van der Waals surface area (Å²) in [7, 11) is -5.29. The number of nitrogens with zero attached hydrogens (tertiary/aromatic N) is 6. The van der Waals surface area contributed by atoms with Crippen molar-refractivity contribution in [2.45, 2.75) is 24.2 Å². The molecule has 0 radical (unpaired) electrons. The summed E-state index contributed by atoms with van der Waals surface area (Å²) >= 11 is 0. The monoisotopic (exact) mass is 594 g/mol. The second kappa shape index (κ2) is 10.3. The highest BCUT2D eigenvalue weighted by Gasteiger charge is 2.35. The van der Waals surface area contributed by atoms with Crippen molar-refractivity contribution >= 4 is 10.1 Å². The van der Waals surface area contributed by atoms with Gasteiger partial charge in [0.25, 0.3) is 10.8 Å². The number of benzene rings is 4. The van der Waals surface area contributed by atoms with Crippen molar-refractivity contribution < 1.29 is 38.1 Å². The SMILES string of the molecule is CC(C)(c1ccc(O)c(O)c1O)c1ccc(OS(=O)(=O)c2c3c(=NN=[N-])cccc-3c(=O)c(=O)c2=N[N+]#N)c(O)c1O. The largest absolute Gasteiger partial charge is 0.504 e. The zero-order valence-corrected chi connectivity index (χ0v) is 22.2. The minimum Gasteiger partial charge on any atom is -0.504 e. The summed E-state index contributed by atoms with van der Waals surface area (Å²) < 4.78 is 32.1. The van der Waals surface area contributed by atoms with Gasteiger partial charge < -0.3 is 40.3 Å². The fourth-order valence-electron chi connectivity index (χ4n) is 4.44. The first-order valence-electron chi connectivity index (χ1n) is 11.5. The van der Waals surface area contributed by atoms with Gasteiger partial charge in [-0.2, -0.15) is 8.42 Å². The third-order valence-corrected chi connectivity index (χ3v) is 7.78. The van der Waals surface area contributed by atoms with Gasteiger partial charge in [-0.15, -0.1) is 0 Å². The Bertz CT molecular complexity index is 2150. The molecule has 42 heavy (non-hydrogen) atoms. The van der Waals surface area contributed by atoms with Crippen LogP contribution in [-0.2, 0) is 15.5 Å². The normalized spacial score (nSPS) is 12.8. The van der Waals surface area contributed by atoms with Crippen molar-refractivity contribution in [1.29, 1.82) is 5.39 Å². The number of aromatic hydroxyl groups is 5. The van der Waals surface area contributed by atoms with E-state index in [1.807, 2.05) is 0 Å². The molecular formula is C25H18N6O10S. The third kappa shape index (κ3) is 4.50. The molecule has 0 heterocycles. The number of diazo groups is 1. The lowest BCUT2D eigenvalue weighted by Gasteiger charge is -2.28. The molecule has 0 unspecified atom stereocenters. The summed E-state index contributed by atoms with van der Waals surface area (Å²) in [5.74, 6) is -5.06. The second-order valence-corrected chi connectivity index (χ2v) is 10.7. The number of phenolic OH excluding ortho intramolecular Hbond substituents is 5. The molecule has 0 aromatic heterocycles. The molecule has 0 amide bonds. The van der Waals surface area contributed by atoms with Crippen molar-refractivity contribution in [3.8, 4) is 45.6 Å². The van der Waals surface area contributed by atoms with Crippen LogP contribution in [0.25, 0.3) is 21.7 Å². The van der Waals surface area contributed by atoms with Crippen molar-refractivity contribution in [3.63, 3.8) is 0 Å². The Morgan fingerprint density at radius 1 is 0.881 bits per heavy atom. The van der Waals surface area contributed by atoms with E-state index >= 15 is 0 Å². The topological polar surface area (TPSA) is 266 Å². The lowest BCUT2D eigenvalue weighted by Crippen LogP contribution is -2.45. The maximum absolute atomic E-state index is 13.6. The van der Waals surface area contributed by atoms with E-state index < -0.39 is 87.6 Å². The first-order valence-corrected chi connectivity index (χ1v) is 12.9. The predicted octanol–water partition coefficient (Wildman–Crippen LogP) is 1.52. The lowest BCUT2D eigenvalue weighted by molar-refractivity contribution is 0.356. The molecule has 4 rings (SSSR count). The second-order valence-electron chi connectivity index (χ2n) is 9.21. The molecule has 0 aliphatic heterocycles. The van der Waals surface area contributed by atoms with Crippen LogP contribution in [0.3, 0.4) is 0 Å². The Hall–Kier alpha value is -5.89. The van der Waals surface area contributed by atoms with Gasteiger partial charge in [0, 0.05) is 27.7 Å². The summed E-state index contributed by atoms with van der Waals surface area (Å²) in [5.41, 5.74) is 3.65. The number of rotatable bonds is 6. The van der Waals surface area contributed by atoms with E-state index in [-0.39, 0.29) is 11.1 Å². The van der Waals surface area contributed by atoms with Gasteiger partial charge in [0.15, 0.2) is 33.0 Å². The Labute approximate surface area is 234 Å². The van der Waals surface area contributed by atoms with Gasteiger partial charge in [-0.1, -0.05) is 44.2 Å². The minimum atomic E-state index is -5.29. The van der Waals surface area contributed by atoms with E-state index in [0.29, 0.717) is 0 Å². The average molecular weight is 595 g/mol. The first kappa shape index (κ1) is 29.1. The van der Waals surface area contributed by atoms with Crippen molar-refractivity contribution in [3.05, 3.63) is 95.4 Å². The van der Waals surface area contributed by atoms with Crippen LogP contribution in [0, 0.1) is 5.39 Å². The van der Waals surface area contributed by atoms with Crippen molar-refractivity contribution in [2.24, 2.45) is 15.4 Å². The third-order valence-electron chi connectivity index (χ3n) is 6.49. The number of hydrogen-bond donors (Lipinski definition) is 5. The maximum atomic E-state index is 13.6. The Morgan fingerprint density at radius 3 is 2.12 bits per heavy atom. The quantitative estimate of drug-likeness (QED) is 0.0533. The van der Waals surface area contributed by atoms with Gasteiger partial charge in [0.05, 0.1) is 0 Å². The van der Waals surface area contributed by atoms with Crippen LogP contribution in [0.1, 0.15) is 25.0 Å². The average Bonchev–Trinajstić information content (AvgIpc) is 2.93. The Morgan fingerprint density at radius 2 is 1.50 bits per heavy atom. The van der Waals surface area contributed by atoms with E-state index in [1.54, 1.807) is 0 Å². The number of hydrogen-bond acceptors (Lipinski definition) is 13. The molecule has 2 aliphatic carbocycles. The summed E-state index contributed by atoms with van der Waals surface area (Å²) in [5, 5.41) is 70.3. The van der Waals surface area contributed by atoms with Crippen molar-refractivity contribution in [1.82, 2.24) is 0 Å². The van der Waals surface area contributed by atoms with Crippen LogP contribution in [0.15, 0.2) is 72.4 Å². The zero-order valence-electron chi connectivity index (χ0n) is 21.4. The van der Waals surface area contributed by atoms with Crippen LogP contribution >= 0.6 is 0 Å². The lowest BCUT2D eigenvalue weighted by atomic mass is 9.77. The molecule has 0 fully saturated rings. The van der Waals surface area contributed by atoms with Gasteiger partial charge in [-0.3, -0.25) is 14.8 Å². The van der Waals surface area contributed by atoms with Crippen LogP contribution in [-0.4, -0.2) is 34.0 Å². The van der Waals surface area contributed by atoms with E-state index in [9.17, 15) is 43.5 Å². The van der Waals surface area contributed by atoms with Gasteiger partial charge in [-0.05, 0) is 17.5 Å². The van der Waals surface area contributed by atoms with E-state index in [2.05, 4.69) is 20.5 Å². The standard InChI is InChI=1S/C25H17N6O10S/c1-25(2,11-6-8-14(32)21(36)19(11)34)12-7-9-15(22(37)20(12)35)41-42(39,40)24-16-10(4-3-5-13(16)28-30-26)18(33)23(38)17(24)29-31-27/h3-9H,1-2H3,(H4-,26,27,28,29,30,31,32,33,34,35,36,37,38)/q-1/p+1. The molecule has 2 aliphatic rings.